The maximum absolute atomic E-state index is 5.90. The molecule has 1 unspecified atom stereocenters. The van der Waals surface area contributed by atoms with E-state index in [1.54, 1.807) is 0 Å². The minimum atomic E-state index is 0.621. The third-order valence-electron chi connectivity index (χ3n) is 3.71. The van der Waals surface area contributed by atoms with Crippen LogP contribution in [0.1, 0.15) is 40.0 Å². The minimum Gasteiger partial charge on any atom is -0.329 e. The summed E-state index contributed by atoms with van der Waals surface area (Å²) in [6.07, 6.45) is 3.87. The Morgan fingerprint density at radius 2 is 1.76 bits per heavy atom. The van der Waals surface area contributed by atoms with Crippen molar-refractivity contribution in [1.29, 1.82) is 0 Å². The molecule has 0 radical (unpaired) electrons. The molecular weight excluding hydrogens is 210 g/mol. The second-order valence-corrected chi connectivity index (χ2v) is 5.76. The second-order valence-electron chi connectivity index (χ2n) is 5.76. The molecule has 0 bridgehead atoms. The highest BCUT2D eigenvalue weighted by molar-refractivity contribution is 4.79. The third-order valence-corrected chi connectivity index (χ3v) is 3.71. The second kappa shape index (κ2) is 8.06. The predicted molar refractivity (Wildman–Crippen MR) is 75.2 cm³/mol. The molecule has 0 aromatic rings. The van der Waals surface area contributed by atoms with E-state index in [1.165, 1.54) is 52.0 Å². The number of nitrogens with two attached hydrogens (primary N) is 1. The predicted octanol–water partition coefficient (Wildman–Crippen LogP) is 1.78. The van der Waals surface area contributed by atoms with Crippen LogP contribution in [0.3, 0.4) is 0 Å². The highest BCUT2D eigenvalue weighted by atomic mass is 15.3. The summed E-state index contributed by atoms with van der Waals surface area (Å²) in [5, 5.41) is 0. The summed E-state index contributed by atoms with van der Waals surface area (Å²) >= 11 is 0. The Balaban J connectivity index is 2.28. The Hall–Kier alpha value is -0.120. The fraction of sp³-hybridized carbons (Fsp3) is 1.00. The molecule has 0 saturated carbocycles. The van der Waals surface area contributed by atoms with Crippen LogP contribution in [-0.2, 0) is 0 Å². The molecule has 0 aliphatic carbocycles. The fourth-order valence-corrected chi connectivity index (χ4v) is 2.72. The van der Waals surface area contributed by atoms with Gasteiger partial charge in [0.1, 0.15) is 0 Å². The monoisotopic (exact) mass is 241 g/mol. The highest BCUT2D eigenvalue weighted by Crippen LogP contribution is 2.12. The quantitative estimate of drug-likeness (QED) is 0.737. The number of unbranched alkanes of at least 4 members (excludes halogenated alkanes) is 1. The van der Waals surface area contributed by atoms with Crippen molar-refractivity contribution >= 4 is 0 Å². The van der Waals surface area contributed by atoms with Gasteiger partial charge in [-0.2, -0.15) is 0 Å². The zero-order valence-corrected chi connectivity index (χ0v) is 12.0. The lowest BCUT2D eigenvalue weighted by Crippen LogP contribution is -2.52. The van der Waals surface area contributed by atoms with E-state index in [-0.39, 0.29) is 0 Å². The maximum atomic E-state index is 5.90. The van der Waals surface area contributed by atoms with Crippen LogP contribution in [0.2, 0.25) is 0 Å². The van der Waals surface area contributed by atoms with Gasteiger partial charge in [-0.1, -0.05) is 33.6 Å². The van der Waals surface area contributed by atoms with Gasteiger partial charge in [-0.25, -0.2) is 0 Å². The Morgan fingerprint density at radius 1 is 1.12 bits per heavy atom. The summed E-state index contributed by atoms with van der Waals surface area (Å²) in [7, 11) is 0. The van der Waals surface area contributed by atoms with Gasteiger partial charge in [0.2, 0.25) is 0 Å². The van der Waals surface area contributed by atoms with E-state index < -0.39 is 0 Å². The van der Waals surface area contributed by atoms with Crippen molar-refractivity contribution in [2.24, 2.45) is 11.7 Å². The van der Waals surface area contributed by atoms with E-state index in [0.29, 0.717) is 6.04 Å². The molecule has 1 fully saturated rings. The number of rotatable bonds is 7. The Labute approximate surface area is 107 Å². The van der Waals surface area contributed by atoms with Crippen molar-refractivity contribution in [3.63, 3.8) is 0 Å². The first-order chi connectivity index (χ1) is 8.17. The molecule has 1 atom stereocenters. The third kappa shape index (κ3) is 5.36. The van der Waals surface area contributed by atoms with Crippen LogP contribution >= 0.6 is 0 Å². The van der Waals surface area contributed by atoms with Gasteiger partial charge in [0.25, 0.3) is 0 Å². The normalized spacial score (nSPS) is 21.0. The molecule has 2 N–H and O–H groups in total. The van der Waals surface area contributed by atoms with Crippen molar-refractivity contribution in [3.8, 4) is 0 Å². The topological polar surface area (TPSA) is 32.5 Å². The Morgan fingerprint density at radius 3 is 2.24 bits per heavy atom. The van der Waals surface area contributed by atoms with Crippen molar-refractivity contribution in [3.05, 3.63) is 0 Å². The van der Waals surface area contributed by atoms with Crippen LogP contribution in [0, 0.1) is 5.92 Å². The molecule has 1 rings (SSSR count). The summed E-state index contributed by atoms with van der Waals surface area (Å²) in [5.74, 6) is 0.784. The minimum absolute atomic E-state index is 0.621. The first kappa shape index (κ1) is 14.9. The standard InChI is InChI=1S/C14H31N3/c1-4-5-6-14(11-15)17-9-7-16(8-10-17)12-13(2)3/h13-14H,4-12,15H2,1-3H3. The van der Waals surface area contributed by atoms with E-state index in [0.717, 1.165) is 12.5 Å². The largest absolute Gasteiger partial charge is 0.329 e. The molecule has 0 aromatic heterocycles. The molecule has 17 heavy (non-hydrogen) atoms. The number of hydrogen-bond donors (Lipinski definition) is 1. The van der Waals surface area contributed by atoms with E-state index >= 15 is 0 Å². The van der Waals surface area contributed by atoms with Gasteiger partial charge in [-0.05, 0) is 12.3 Å². The van der Waals surface area contributed by atoms with Crippen molar-refractivity contribution in [2.75, 3.05) is 39.3 Å². The van der Waals surface area contributed by atoms with Gasteiger partial charge in [0.15, 0.2) is 0 Å². The average Bonchev–Trinajstić information content (AvgIpc) is 2.31. The maximum Gasteiger partial charge on any atom is 0.0219 e. The molecule has 3 nitrogen and oxygen atoms in total. The van der Waals surface area contributed by atoms with Crippen LogP contribution in [0.4, 0.5) is 0 Å². The van der Waals surface area contributed by atoms with E-state index in [1.807, 2.05) is 0 Å². The van der Waals surface area contributed by atoms with Crippen LogP contribution in [0.15, 0.2) is 0 Å². The molecule has 0 spiro atoms. The van der Waals surface area contributed by atoms with Gasteiger partial charge < -0.3 is 10.6 Å². The zero-order valence-electron chi connectivity index (χ0n) is 12.0. The molecule has 1 aliphatic rings. The zero-order chi connectivity index (χ0) is 12.7. The van der Waals surface area contributed by atoms with E-state index in [4.69, 9.17) is 5.73 Å². The van der Waals surface area contributed by atoms with Gasteiger partial charge in [0.05, 0.1) is 0 Å². The smallest absolute Gasteiger partial charge is 0.0219 e. The molecule has 1 saturated heterocycles. The van der Waals surface area contributed by atoms with Crippen molar-refractivity contribution in [2.45, 2.75) is 46.1 Å². The summed E-state index contributed by atoms with van der Waals surface area (Å²) in [4.78, 5) is 5.20. The number of nitrogens with zero attached hydrogens (tertiary/aromatic N) is 2. The molecule has 0 amide bonds. The first-order valence-electron chi connectivity index (χ1n) is 7.33. The molecule has 1 heterocycles. The molecule has 0 aromatic carbocycles. The molecule has 102 valence electrons. The SMILES string of the molecule is CCCCC(CN)N1CCN(CC(C)C)CC1. The number of hydrogen-bond acceptors (Lipinski definition) is 3. The van der Waals surface area contributed by atoms with Gasteiger partial charge in [0, 0.05) is 45.3 Å². The lowest BCUT2D eigenvalue weighted by atomic mass is 10.1. The summed E-state index contributed by atoms with van der Waals surface area (Å²) in [6, 6.07) is 0.621. The molecule has 1 aliphatic heterocycles. The summed E-state index contributed by atoms with van der Waals surface area (Å²) in [5.41, 5.74) is 5.90. The lowest BCUT2D eigenvalue weighted by molar-refractivity contribution is 0.0872. The van der Waals surface area contributed by atoms with Gasteiger partial charge >= 0.3 is 0 Å². The summed E-state index contributed by atoms with van der Waals surface area (Å²) in [6.45, 7) is 13.8. The Bertz CT molecular complexity index is 186. The van der Waals surface area contributed by atoms with Crippen molar-refractivity contribution < 1.29 is 0 Å². The van der Waals surface area contributed by atoms with E-state index in [2.05, 4.69) is 30.6 Å². The van der Waals surface area contributed by atoms with Crippen molar-refractivity contribution in [1.82, 2.24) is 9.80 Å². The lowest BCUT2D eigenvalue weighted by Gasteiger charge is -2.39. The van der Waals surface area contributed by atoms with Crippen LogP contribution in [0.25, 0.3) is 0 Å². The average molecular weight is 241 g/mol. The van der Waals surface area contributed by atoms with Crippen LogP contribution in [-0.4, -0.2) is 55.1 Å². The molecular formula is C14H31N3. The van der Waals surface area contributed by atoms with Gasteiger partial charge in [-0.15, -0.1) is 0 Å². The van der Waals surface area contributed by atoms with Crippen LogP contribution < -0.4 is 5.73 Å². The summed E-state index contributed by atoms with van der Waals surface area (Å²) < 4.78 is 0. The highest BCUT2D eigenvalue weighted by Gasteiger charge is 2.22. The van der Waals surface area contributed by atoms with Crippen LogP contribution in [0.5, 0.6) is 0 Å². The Kier molecular flexibility index (Phi) is 7.09. The fourth-order valence-electron chi connectivity index (χ4n) is 2.72. The van der Waals surface area contributed by atoms with E-state index in [9.17, 15) is 0 Å². The first-order valence-corrected chi connectivity index (χ1v) is 7.33. The molecule has 3 heteroatoms. The van der Waals surface area contributed by atoms with Gasteiger partial charge in [-0.3, -0.25) is 4.90 Å². The number of piperazine rings is 1.